The highest BCUT2D eigenvalue weighted by atomic mass is 35.5. The summed E-state index contributed by atoms with van der Waals surface area (Å²) in [7, 11) is 1.68. The minimum atomic E-state index is -0.356. The van der Waals surface area contributed by atoms with E-state index in [1.54, 1.807) is 7.11 Å². The first-order valence-electron chi connectivity index (χ1n) is 5.54. The second kappa shape index (κ2) is 6.89. The number of ether oxygens (including phenoxy) is 1. The Morgan fingerprint density at radius 3 is 2.69 bits per heavy atom. The molecule has 0 amide bonds. The van der Waals surface area contributed by atoms with Gasteiger partial charge in [0.1, 0.15) is 0 Å². The van der Waals surface area contributed by atoms with E-state index in [0.717, 1.165) is 17.0 Å². The van der Waals surface area contributed by atoms with Gasteiger partial charge in [-0.3, -0.25) is 0 Å². The van der Waals surface area contributed by atoms with E-state index in [0.29, 0.717) is 18.9 Å². The van der Waals surface area contributed by atoms with Gasteiger partial charge in [-0.15, -0.1) is 0 Å². The molecule has 0 aromatic heterocycles. The van der Waals surface area contributed by atoms with Gasteiger partial charge < -0.3 is 9.84 Å². The van der Waals surface area contributed by atoms with Crippen LogP contribution in [-0.2, 0) is 11.2 Å². The van der Waals surface area contributed by atoms with Crippen LogP contribution in [0.2, 0.25) is 5.02 Å². The fourth-order valence-electron chi connectivity index (χ4n) is 1.82. The van der Waals surface area contributed by atoms with Crippen molar-refractivity contribution < 1.29 is 9.84 Å². The van der Waals surface area contributed by atoms with Gasteiger partial charge in [-0.25, -0.2) is 0 Å². The van der Waals surface area contributed by atoms with Crippen LogP contribution in [0.3, 0.4) is 0 Å². The van der Waals surface area contributed by atoms with Crippen molar-refractivity contribution in [1.82, 2.24) is 0 Å². The van der Waals surface area contributed by atoms with E-state index in [2.05, 4.69) is 6.92 Å². The summed E-state index contributed by atoms with van der Waals surface area (Å²) in [5.41, 5.74) is 1.00. The molecule has 90 valence electrons. The maximum Gasteiger partial charge on any atom is 0.0584 e. The molecule has 0 aliphatic carbocycles. The van der Waals surface area contributed by atoms with E-state index in [1.807, 2.05) is 24.3 Å². The third-order valence-electron chi connectivity index (χ3n) is 2.54. The summed E-state index contributed by atoms with van der Waals surface area (Å²) in [4.78, 5) is 0. The molecule has 16 heavy (non-hydrogen) atoms. The lowest BCUT2D eigenvalue weighted by molar-refractivity contribution is 0.102. The highest BCUT2D eigenvalue weighted by Crippen LogP contribution is 2.19. The lowest BCUT2D eigenvalue weighted by Crippen LogP contribution is -2.17. The van der Waals surface area contributed by atoms with Crippen LogP contribution < -0.4 is 0 Å². The molecule has 1 rings (SSSR count). The monoisotopic (exact) mass is 242 g/mol. The average molecular weight is 243 g/mol. The van der Waals surface area contributed by atoms with E-state index in [9.17, 15) is 5.11 Å². The standard InChI is InChI=1S/C13H19ClO2/c1-10(9-16-2)7-12(15)8-11-5-3-4-6-13(11)14/h3-6,10,12,15H,7-9H2,1-2H3. The number of halogens is 1. The smallest absolute Gasteiger partial charge is 0.0584 e. The molecule has 2 nitrogen and oxygen atoms in total. The number of hydrogen-bond donors (Lipinski definition) is 1. The molecule has 3 heteroatoms. The van der Waals surface area contributed by atoms with Crippen LogP contribution in [0.15, 0.2) is 24.3 Å². The Hall–Kier alpha value is -0.570. The van der Waals surface area contributed by atoms with Gasteiger partial charge in [0, 0.05) is 18.7 Å². The van der Waals surface area contributed by atoms with Crippen LogP contribution in [0.1, 0.15) is 18.9 Å². The molecule has 1 aromatic rings. The molecule has 2 atom stereocenters. The van der Waals surface area contributed by atoms with Crippen LogP contribution in [-0.4, -0.2) is 24.9 Å². The Morgan fingerprint density at radius 2 is 2.06 bits per heavy atom. The van der Waals surface area contributed by atoms with E-state index >= 15 is 0 Å². The Morgan fingerprint density at radius 1 is 1.38 bits per heavy atom. The Bertz CT molecular complexity index is 315. The maximum absolute atomic E-state index is 9.91. The molecule has 0 spiro atoms. The van der Waals surface area contributed by atoms with Crippen molar-refractivity contribution in [3.8, 4) is 0 Å². The molecule has 0 aliphatic rings. The molecule has 1 N–H and O–H groups in total. The first kappa shape index (κ1) is 13.5. The van der Waals surface area contributed by atoms with Gasteiger partial charge in [-0.1, -0.05) is 36.7 Å². The van der Waals surface area contributed by atoms with E-state index in [4.69, 9.17) is 16.3 Å². The highest BCUT2D eigenvalue weighted by molar-refractivity contribution is 6.31. The second-order valence-corrected chi connectivity index (χ2v) is 4.65. The van der Waals surface area contributed by atoms with Crippen molar-refractivity contribution in [2.75, 3.05) is 13.7 Å². The molecule has 0 aliphatic heterocycles. The predicted octanol–water partition coefficient (Wildman–Crippen LogP) is 2.92. The number of rotatable bonds is 6. The third kappa shape index (κ3) is 4.52. The third-order valence-corrected chi connectivity index (χ3v) is 2.91. The zero-order valence-corrected chi connectivity index (χ0v) is 10.6. The van der Waals surface area contributed by atoms with Gasteiger partial charge in [-0.2, -0.15) is 0 Å². The van der Waals surface area contributed by atoms with E-state index in [1.165, 1.54) is 0 Å². The Balaban J connectivity index is 2.45. The minimum absolute atomic E-state index is 0.356. The second-order valence-electron chi connectivity index (χ2n) is 4.25. The quantitative estimate of drug-likeness (QED) is 0.831. The molecule has 0 radical (unpaired) electrons. The number of aliphatic hydroxyl groups excluding tert-OH is 1. The summed E-state index contributed by atoms with van der Waals surface area (Å²) in [5.74, 6) is 0.363. The zero-order valence-electron chi connectivity index (χ0n) is 9.82. The van der Waals surface area contributed by atoms with Crippen LogP contribution in [0.25, 0.3) is 0 Å². The number of methoxy groups -OCH3 is 1. The van der Waals surface area contributed by atoms with Crippen LogP contribution in [0.4, 0.5) is 0 Å². The van der Waals surface area contributed by atoms with Crippen molar-refractivity contribution in [3.63, 3.8) is 0 Å². The normalized spacial score (nSPS) is 14.8. The Kier molecular flexibility index (Phi) is 5.81. The fourth-order valence-corrected chi connectivity index (χ4v) is 2.03. The zero-order chi connectivity index (χ0) is 12.0. The first-order valence-corrected chi connectivity index (χ1v) is 5.91. The predicted molar refractivity (Wildman–Crippen MR) is 66.8 cm³/mol. The molecule has 0 saturated carbocycles. The summed E-state index contributed by atoms with van der Waals surface area (Å²) in [6.45, 7) is 2.75. The molecule has 0 bridgehead atoms. The molecule has 0 fully saturated rings. The summed E-state index contributed by atoms with van der Waals surface area (Å²) >= 11 is 6.03. The van der Waals surface area contributed by atoms with Gasteiger partial charge in [0.25, 0.3) is 0 Å². The van der Waals surface area contributed by atoms with Crippen molar-refractivity contribution >= 4 is 11.6 Å². The largest absolute Gasteiger partial charge is 0.393 e. The topological polar surface area (TPSA) is 29.5 Å². The number of benzene rings is 1. The summed E-state index contributed by atoms with van der Waals surface area (Å²) in [6, 6.07) is 7.63. The minimum Gasteiger partial charge on any atom is -0.393 e. The van der Waals surface area contributed by atoms with Crippen molar-refractivity contribution in [1.29, 1.82) is 0 Å². The van der Waals surface area contributed by atoms with Gasteiger partial charge in [0.15, 0.2) is 0 Å². The molecular weight excluding hydrogens is 224 g/mol. The van der Waals surface area contributed by atoms with Crippen molar-refractivity contribution in [3.05, 3.63) is 34.9 Å². The highest BCUT2D eigenvalue weighted by Gasteiger charge is 2.12. The molecule has 2 unspecified atom stereocenters. The summed E-state index contributed by atoms with van der Waals surface area (Å²) in [5, 5.41) is 10.6. The molecular formula is C13H19ClO2. The summed E-state index contributed by atoms with van der Waals surface area (Å²) < 4.78 is 5.04. The van der Waals surface area contributed by atoms with Gasteiger partial charge in [-0.05, 0) is 30.4 Å². The Labute approximate surface area is 102 Å². The van der Waals surface area contributed by atoms with Gasteiger partial charge >= 0.3 is 0 Å². The maximum atomic E-state index is 9.91. The number of aliphatic hydroxyl groups is 1. The van der Waals surface area contributed by atoms with E-state index < -0.39 is 0 Å². The lowest BCUT2D eigenvalue weighted by atomic mass is 9.99. The lowest BCUT2D eigenvalue weighted by Gasteiger charge is -2.16. The molecule has 0 heterocycles. The van der Waals surface area contributed by atoms with Crippen molar-refractivity contribution in [2.24, 2.45) is 5.92 Å². The molecule has 0 saturated heterocycles. The summed E-state index contributed by atoms with van der Waals surface area (Å²) in [6.07, 6.45) is 0.984. The fraction of sp³-hybridized carbons (Fsp3) is 0.538. The van der Waals surface area contributed by atoms with Crippen LogP contribution in [0, 0.1) is 5.92 Å². The average Bonchev–Trinajstić information content (AvgIpc) is 2.21. The van der Waals surface area contributed by atoms with Gasteiger partial charge in [0.2, 0.25) is 0 Å². The van der Waals surface area contributed by atoms with Crippen LogP contribution in [0.5, 0.6) is 0 Å². The first-order chi connectivity index (χ1) is 7.63. The van der Waals surface area contributed by atoms with Gasteiger partial charge in [0.05, 0.1) is 6.10 Å². The van der Waals surface area contributed by atoms with Crippen molar-refractivity contribution in [2.45, 2.75) is 25.9 Å². The van der Waals surface area contributed by atoms with E-state index in [-0.39, 0.29) is 6.10 Å². The van der Waals surface area contributed by atoms with Crippen LogP contribution >= 0.6 is 11.6 Å². The SMILES string of the molecule is COCC(C)CC(O)Cc1ccccc1Cl. The number of hydrogen-bond acceptors (Lipinski definition) is 2. The molecule has 1 aromatic carbocycles.